The lowest BCUT2D eigenvalue weighted by atomic mass is 9.97. The number of non-ortho nitro benzene ring substituents is 1. The highest BCUT2D eigenvalue weighted by atomic mass is 16.6. The molecule has 1 aromatic carbocycles. The van der Waals surface area contributed by atoms with Gasteiger partial charge in [-0.3, -0.25) is 14.9 Å². The topological polar surface area (TPSA) is 113 Å². The predicted molar refractivity (Wildman–Crippen MR) is 93.5 cm³/mol. The Labute approximate surface area is 146 Å². The van der Waals surface area contributed by atoms with E-state index in [9.17, 15) is 19.7 Å². The van der Waals surface area contributed by atoms with Gasteiger partial charge < -0.3 is 15.3 Å². The van der Waals surface area contributed by atoms with E-state index in [1.165, 1.54) is 24.3 Å². The Bertz CT molecular complexity index is 615. The van der Waals surface area contributed by atoms with Crippen LogP contribution in [0.5, 0.6) is 0 Å². The lowest BCUT2D eigenvalue weighted by molar-refractivity contribution is -0.384. The van der Waals surface area contributed by atoms with Crippen LogP contribution in [-0.2, 0) is 4.79 Å². The molecule has 1 rings (SSSR count). The number of hydrogen-bond donors (Lipinski definition) is 2. The molecule has 0 radical (unpaired) electrons. The fourth-order valence-corrected chi connectivity index (χ4v) is 2.38. The number of allylic oxidation sites excluding steroid dienone is 1. The number of nitro groups is 1. The molecule has 8 heteroatoms. The third-order valence-electron chi connectivity index (χ3n) is 3.79. The van der Waals surface area contributed by atoms with Crippen molar-refractivity contribution in [1.29, 1.82) is 0 Å². The normalized spacial score (nSPS) is 11.4. The minimum Gasteiger partial charge on any atom is -0.465 e. The summed E-state index contributed by atoms with van der Waals surface area (Å²) in [7, 11) is 1.66. The first-order chi connectivity index (χ1) is 11.9. The minimum absolute atomic E-state index is 0.0843. The molecular weight excluding hydrogens is 326 g/mol. The highest BCUT2D eigenvalue weighted by Crippen LogP contribution is 2.21. The summed E-state index contributed by atoms with van der Waals surface area (Å²) in [6, 6.07) is 5.58. The number of amides is 2. The van der Waals surface area contributed by atoms with Gasteiger partial charge in [-0.2, -0.15) is 0 Å². The number of unbranched alkanes of at least 4 members (excludes halogenated alkanes) is 2. The molecule has 2 amide bonds. The van der Waals surface area contributed by atoms with E-state index in [-0.39, 0.29) is 18.1 Å². The summed E-state index contributed by atoms with van der Waals surface area (Å²) in [6.07, 6.45) is 3.19. The Morgan fingerprint density at radius 3 is 2.52 bits per heavy atom. The predicted octanol–water partition coefficient (Wildman–Crippen LogP) is 2.76. The zero-order valence-corrected chi connectivity index (χ0v) is 14.2. The monoisotopic (exact) mass is 349 g/mol. The van der Waals surface area contributed by atoms with E-state index in [0.29, 0.717) is 12.1 Å². The first-order valence-electron chi connectivity index (χ1n) is 7.93. The van der Waals surface area contributed by atoms with Gasteiger partial charge in [-0.05, 0) is 24.8 Å². The fraction of sp³-hybridized carbons (Fsp3) is 0.412. The van der Waals surface area contributed by atoms with Gasteiger partial charge in [0.1, 0.15) is 0 Å². The molecule has 0 aliphatic rings. The van der Waals surface area contributed by atoms with Gasteiger partial charge >= 0.3 is 6.09 Å². The SMILES string of the molecule is C=CCCCCN(C)C(=O)C(CNC(=O)O)c1ccc([N+](=O)[O-])cc1. The molecule has 1 unspecified atom stereocenters. The van der Waals surface area contributed by atoms with Crippen molar-refractivity contribution in [3.05, 3.63) is 52.6 Å². The molecule has 0 saturated carbocycles. The van der Waals surface area contributed by atoms with Crippen LogP contribution in [0.4, 0.5) is 10.5 Å². The third-order valence-corrected chi connectivity index (χ3v) is 3.79. The Morgan fingerprint density at radius 1 is 1.36 bits per heavy atom. The second-order valence-corrected chi connectivity index (χ2v) is 5.63. The number of carboxylic acid groups (broad SMARTS) is 1. The van der Waals surface area contributed by atoms with Gasteiger partial charge in [-0.15, -0.1) is 6.58 Å². The van der Waals surface area contributed by atoms with Gasteiger partial charge in [-0.25, -0.2) is 4.79 Å². The van der Waals surface area contributed by atoms with Crippen LogP contribution < -0.4 is 5.32 Å². The lowest BCUT2D eigenvalue weighted by Gasteiger charge is -2.24. The Kier molecular flexibility index (Phi) is 8.11. The number of likely N-dealkylation sites (N-methyl/N-ethyl adjacent to an activating group) is 1. The number of carbonyl (C=O) groups excluding carboxylic acids is 1. The van der Waals surface area contributed by atoms with Crippen LogP contribution in [0.1, 0.15) is 30.7 Å². The molecule has 0 heterocycles. The average molecular weight is 349 g/mol. The van der Waals surface area contributed by atoms with Crippen molar-refractivity contribution in [3.8, 4) is 0 Å². The van der Waals surface area contributed by atoms with E-state index in [1.807, 2.05) is 6.08 Å². The number of benzene rings is 1. The summed E-state index contributed by atoms with van der Waals surface area (Å²) in [6.45, 7) is 4.10. The number of nitrogens with zero attached hydrogens (tertiary/aromatic N) is 2. The molecule has 0 spiro atoms. The van der Waals surface area contributed by atoms with Crippen molar-refractivity contribution in [2.45, 2.75) is 25.2 Å². The molecule has 0 saturated heterocycles. The molecule has 0 aliphatic heterocycles. The van der Waals surface area contributed by atoms with Crippen LogP contribution in [-0.4, -0.2) is 47.1 Å². The number of nitro benzene ring substituents is 1. The maximum atomic E-state index is 12.7. The van der Waals surface area contributed by atoms with E-state index in [2.05, 4.69) is 11.9 Å². The Balaban J connectivity index is 2.86. The Hall–Kier alpha value is -2.90. The van der Waals surface area contributed by atoms with Gasteiger partial charge in [0.25, 0.3) is 5.69 Å². The van der Waals surface area contributed by atoms with Gasteiger partial charge in [-0.1, -0.05) is 18.2 Å². The molecule has 0 bridgehead atoms. The summed E-state index contributed by atoms with van der Waals surface area (Å²) in [4.78, 5) is 35.2. The summed E-state index contributed by atoms with van der Waals surface area (Å²) in [5, 5.41) is 21.8. The van der Waals surface area contributed by atoms with Crippen LogP contribution in [0.2, 0.25) is 0 Å². The largest absolute Gasteiger partial charge is 0.465 e. The standard InChI is InChI=1S/C17H23N3O5/c1-3-4-5-6-11-19(2)16(21)15(12-18-17(22)23)13-7-9-14(10-8-13)20(24)25/h3,7-10,15,18H,1,4-6,11-12H2,2H3,(H,22,23). The third kappa shape index (κ3) is 6.62. The van der Waals surface area contributed by atoms with E-state index < -0.39 is 16.9 Å². The second-order valence-electron chi connectivity index (χ2n) is 5.63. The number of rotatable bonds is 10. The molecule has 0 aromatic heterocycles. The molecule has 2 N–H and O–H groups in total. The number of nitrogens with one attached hydrogen (secondary N) is 1. The maximum absolute atomic E-state index is 12.7. The van der Waals surface area contributed by atoms with Crippen molar-refractivity contribution >= 4 is 17.7 Å². The zero-order valence-electron chi connectivity index (χ0n) is 14.2. The fourth-order valence-electron chi connectivity index (χ4n) is 2.38. The summed E-state index contributed by atoms with van der Waals surface area (Å²) in [5.41, 5.74) is 0.446. The molecule has 0 aliphatic carbocycles. The van der Waals surface area contributed by atoms with Gasteiger partial charge in [0, 0.05) is 32.3 Å². The molecular formula is C17H23N3O5. The molecule has 1 atom stereocenters. The highest BCUT2D eigenvalue weighted by Gasteiger charge is 2.25. The van der Waals surface area contributed by atoms with Crippen LogP contribution >= 0.6 is 0 Å². The maximum Gasteiger partial charge on any atom is 0.404 e. The first-order valence-corrected chi connectivity index (χ1v) is 7.93. The summed E-state index contributed by atoms with van der Waals surface area (Å²) >= 11 is 0. The highest BCUT2D eigenvalue weighted by molar-refractivity contribution is 5.84. The molecule has 0 fully saturated rings. The van der Waals surface area contributed by atoms with Crippen molar-refractivity contribution in [3.63, 3.8) is 0 Å². The van der Waals surface area contributed by atoms with Crippen molar-refractivity contribution < 1.29 is 19.6 Å². The van der Waals surface area contributed by atoms with E-state index in [1.54, 1.807) is 11.9 Å². The quantitative estimate of drug-likeness (QED) is 0.292. The number of hydrogen-bond acceptors (Lipinski definition) is 4. The Morgan fingerprint density at radius 2 is 2.00 bits per heavy atom. The van der Waals surface area contributed by atoms with Crippen molar-refractivity contribution in [1.82, 2.24) is 10.2 Å². The van der Waals surface area contributed by atoms with Crippen molar-refractivity contribution in [2.24, 2.45) is 0 Å². The van der Waals surface area contributed by atoms with E-state index >= 15 is 0 Å². The van der Waals surface area contributed by atoms with Crippen LogP contribution in [0.25, 0.3) is 0 Å². The average Bonchev–Trinajstić information content (AvgIpc) is 2.58. The van der Waals surface area contributed by atoms with Crippen molar-refractivity contribution in [2.75, 3.05) is 20.1 Å². The van der Waals surface area contributed by atoms with Crippen LogP contribution in [0.3, 0.4) is 0 Å². The smallest absolute Gasteiger partial charge is 0.404 e. The van der Waals surface area contributed by atoms with E-state index in [0.717, 1.165) is 19.3 Å². The van der Waals surface area contributed by atoms with Crippen LogP contribution in [0.15, 0.2) is 36.9 Å². The molecule has 1 aromatic rings. The van der Waals surface area contributed by atoms with Crippen LogP contribution in [0, 0.1) is 10.1 Å². The molecule has 136 valence electrons. The summed E-state index contributed by atoms with van der Waals surface area (Å²) < 4.78 is 0. The van der Waals surface area contributed by atoms with Gasteiger partial charge in [0.15, 0.2) is 0 Å². The summed E-state index contributed by atoms with van der Waals surface area (Å²) in [5.74, 6) is -0.970. The zero-order chi connectivity index (χ0) is 18.8. The number of carbonyl (C=O) groups is 2. The molecule has 8 nitrogen and oxygen atoms in total. The molecule has 25 heavy (non-hydrogen) atoms. The lowest BCUT2D eigenvalue weighted by Crippen LogP contribution is -2.38. The first kappa shape index (κ1) is 20.1. The minimum atomic E-state index is -1.23. The van der Waals surface area contributed by atoms with E-state index in [4.69, 9.17) is 5.11 Å². The van der Waals surface area contributed by atoms with Gasteiger partial charge in [0.05, 0.1) is 10.8 Å². The van der Waals surface area contributed by atoms with Gasteiger partial charge in [0.2, 0.25) is 5.91 Å². The second kappa shape index (κ2) is 10.1.